The summed E-state index contributed by atoms with van der Waals surface area (Å²) in [6.45, 7) is 3.50. The van der Waals surface area contributed by atoms with Crippen LogP contribution in [-0.4, -0.2) is 17.7 Å². The van der Waals surface area contributed by atoms with E-state index >= 15 is 0 Å². The smallest absolute Gasteiger partial charge is 0.404 e. The van der Waals surface area contributed by atoms with Gasteiger partial charge >= 0.3 is 19.2 Å². The molecule has 28 heavy (non-hydrogen) atoms. The molecule has 0 bridgehead atoms. The lowest BCUT2D eigenvalue weighted by molar-refractivity contribution is -0.160. The van der Waals surface area contributed by atoms with E-state index in [2.05, 4.69) is 25.2 Å². The van der Waals surface area contributed by atoms with Gasteiger partial charge in [-0.25, -0.2) is 0 Å². The lowest BCUT2D eigenvalue weighted by Crippen LogP contribution is -2.25. The van der Waals surface area contributed by atoms with E-state index < -0.39 is 37.0 Å². The van der Waals surface area contributed by atoms with Crippen LogP contribution in [0.5, 0.6) is 0 Å². The van der Waals surface area contributed by atoms with Gasteiger partial charge in [0.2, 0.25) is 6.79 Å². The first-order valence-corrected chi connectivity index (χ1v) is 10.3. The quantitative estimate of drug-likeness (QED) is 0.359. The molecule has 0 heterocycles. The minimum absolute atomic E-state index is 0.112. The van der Waals surface area contributed by atoms with E-state index in [1.165, 1.54) is 39.0 Å². The second-order valence-electron chi connectivity index (χ2n) is 7.00. The molecule has 0 aliphatic heterocycles. The van der Waals surface area contributed by atoms with E-state index in [0.29, 0.717) is 5.39 Å². The second kappa shape index (κ2) is 7.88. The molecule has 6 nitrogen and oxygen atoms in total. The molecule has 150 valence electrons. The number of ether oxygens (including phenoxy) is 1. The Labute approximate surface area is 168 Å². The average molecular weight is 476 g/mol. The molecule has 0 aliphatic carbocycles. The number of alkyl halides is 2. The summed E-state index contributed by atoms with van der Waals surface area (Å²) in [6, 6.07) is 8.73. The van der Waals surface area contributed by atoms with Gasteiger partial charge in [-0.1, -0.05) is 22.0 Å². The van der Waals surface area contributed by atoms with Gasteiger partial charge in [0.25, 0.3) is 0 Å². The topological polar surface area (TPSA) is 96.6 Å². The number of nitrogens with zero attached hydrogens (tertiary/aromatic N) is 1. The van der Waals surface area contributed by atoms with Gasteiger partial charge in [-0.15, -0.1) is 0 Å². The van der Waals surface area contributed by atoms with Gasteiger partial charge in [-0.05, 0) is 55.8 Å². The van der Waals surface area contributed by atoms with E-state index in [-0.39, 0.29) is 15.4 Å². The summed E-state index contributed by atoms with van der Waals surface area (Å²) in [4.78, 5) is 21.5. The molecule has 1 atom stereocenters. The van der Waals surface area contributed by atoms with Crippen molar-refractivity contribution in [3.05, 3.63) is 45.9 Å². The third-order valence-corrected chi connectivity index (χ3v) is 5.83. The van der Waals surface area contributed by atoms with Gasteiger partial charge in [0, 0.05) is 10.0 Å². The summed E-state index contributed by atoms with van der Waals surface area (Å²) in [7, 11) is -5.56. The van der Waals surface area contributed by atoms with E-state index in [1.807, 2.05) is 6.07 Å². The summed E-state index contributed by atoms with van der Waals surface area (Å²) in [5, 5.41) is 9.80. The largest absolute Gasteiger partial charge is 0.438 e. The van der Waals surface area contributed by atoms with Crippen molar-refractivity contribution in [2.24, 2.45) is 5.41 Å². The molecule has 0 fully saturated rings. The molecule has 0 amide bonds. The Bertz CT molecular complexity index is 1010. The van der Waals surface area contributed by atoms with Crippen molar-refractivity contribution < 1.29 is 32.3 Å². The highest BCUT2D eigenvalue weighted by Crippen LogP contribution is 2.64. The van der Waals surface area contributed by atoms with Crippen LogP contribution in [0.4, 0.5) is 8.78 Å². The number of halogens is 3. The summed E-state index contributed by atoms with van der Waals surface area (Å²) in [5.41, 5.74) is -5.76. The van der Waals surface area contributed by atoms with Crippen molar-refractivity contribution in [3.63, 3.8) is 0 Å². The lowest BCUT2D eigenvalue weighted by atomic mass is 9.98. The molecule has 2 aromatic carbocycles. The summed E-state index contributed by atoms with van der Waals surface area (Å²) in [5.74, 6) is -0.772. The van der Waals surface area contributed by atoms with Crippen LogP contribution in [0.1, 0.15) is 31.9 Å². The van der Waals surface area contributed by atoms with Crippen molar-refractivity contribution in [2.75, 3.05) is 6.79 Å². The molecule has 0 aromatic heterocycles. The van der Waals surface area contributed by atoms with Crippen molar-refractivity contribution >= 4 is 40.3 Å². The molecule has 0 aliphatic rings. The maximum Gasteiger partial charge on any atom is 0.404 e. The number of nitriles is 1. The van der Waals surface area contributed by atoms with Crippen LogP contribution >= 0.6 is 23.5 Å². The maximum absolute atomic E-state index is 14.8. The number of hydrogen-bond acceptors (Lipinski definition) is 5. The zero-order valence-electron chi connectivity index (χ0n) is 15.2. The van der Waals surface area contributed by atoms with Crippen molar-refractivity contribution in [2.45, 2.75) is 26.4 Å². The van der Waals surface area contributed by atoms with Crippen LogP contribution in [0.2, 0.25) is 0 Å². The number of carbonyl (C=O) groups is 1. The minimum Gasteiger partial charge on any atom is -0.438 e. The van der Waals surface area contributed by atoms with Crippen molar-refractivity contribution in [1.82, 2.24) is 0 Å². The Morgan fingerprint density at radius 2 is 1.89 bits per heavy atom. The Kier molecular flexibility index (Phi) is 6.31. The molecular formula is C18H17BrF2NO5P. The normalized spacial score (nSPS) is 14.4. The number of rotatable bonds is 5. The zero-order valence-corrected chi connectivity index (χ0v) is 17.7. The minimum atomic E-state index is -5.56. The SMILES string of the molecule is CC(C)(C)C(=O)OCOP(=O)(O)C(F)(F)c1cc2cc(C#N)ccc2cc1Br. The first-order valence-electron chi connectivity index (χ1n) is 7.96. The molecular weight excluding hydrogens is 459 g/mol. The number of esters is 1. The Morgan fingerprint density at radius 1 is 1.25 bits per heavy atom. The summed E-state index contributed by atoms with van der Waals surface area (Å²) in [6.07, 6.45) is 0. The van der Waals surface area contributed by atoms with Crippen LogP contribution in [0.15, 0.2) is 34.8 Å². The fourth-order valence-electron chi connectivity index (χ4n) is 2.17. The predicted molar refractivity (Wildman–Crippen MR) is 102 cm³/mol. The molecule has 0 saturated carbocycles. The molecule has 0 radical (unpaired) electrons. The third-order valence-electron chi connectivity index (χ3n) is 3.76. The van der Waals surface area contributed by atoms with E-state index in [4.69, 9.17) is 5.26 Å². The van der Waals surface area contributed by atoms with E-state index in [9.17, 15) is 23.0 Å². The highest BCUT2D eigenvalue weighted by Gasteiger charge is 2.54. The van der Waals surface area contributed by atoms with Crippen LogP contribution in [0.3, 0.4) is 0 Å². The van der Waals surface area contributed by atoms with Gasteiger partial charge < -0.3 is 9.63 Å². The third kappa shape index (κ3) is 4.58. The summed E-state index contributed by atoms with van der Waals surface area (Å²) < 4.78 is 50.7. The first-order chi connectivity index (χ1) is 12.8. The standard InChI is InChI=1S/C18H17BrF2NO5P/c1-17(2,3)16(23)26-10-27-28(24,25)18(20,21)14-7-13-6-11(9-22)4-5-12(13)8-15(14)19/h4-8H,10H2,1-3H3,(H,24,25). The number of hydrogen-bond donors (Lipinski definition) is 1. The monoisotopic (exact) mass is 475 g/mol. The molecule has 1 N–H and O–H groups in total. The van der Waals surface area contributed by atoms with Gasteiger partial charge in [0.05, 0.1) is 17.0 Å². The van der Waals surface area contributed by atoms with Crippen molar-refractivity contribution in [1.29, 1.82) is 5.26 Å². The maximum atomic E-state index is 14.8. The first kappa shape index (κ1) is 22.4. The molecule has 0 spiro atoms. The Balaban J connectivity index is 2.33. The second-order valence-corrected chi connectivity index (χ2v) is 9.71. The van der Waals surface area contributed by atoms with Crippen LogP contribution in [-0.2, 0) is 24.3 Å². The van der Waals surface area contributed by atoms with Crippen LogP contribution in [0.25, 0.3) is 10.8 Å². The zero-order chi connectivity index (χ0) is 21.3. The highest BCUT2D eigenvalue weighted by atomic mass is 79.9. The molecule has 2 aromatic rings. The predicted octanol–water partition coefficient (Wildman–Crippen LogP) is 5.27. The molecule has 10 heteroatoms. The van der Waals surface area contributed by atoms with Gasteiger partial charge in [-0.3, -0.25) is 13.9 Å². The number of fused-ring (bicyclic) bond motifs is 1. The Morgan fingerprint density at radius 3 is 2.46 bits per heavy atom. The molecule has 0 saturated heterocycles. The molecule has 1 unspecified atom stereocenters. The van der Waals surface area contributed by atoms with Crippen molar-refractivity contribution in [3.8, 4) is 6.07 Å². The highest BCUT2D eigenvalue weighted by molar-refractivity contribution is 9.10. The number of carbonyl (C=O) groups excluding carboxylic acids is 1. The lowest BCUT2D eigenvalue weighted by Gasteiger charge is -2.24. The Hall–Kier alpha value is -1.85. The van der Waals surface area contributed by atoms with Crippen LogP contribution in [0, 0.1) is 16.7 Å². The fraction of sp³-hybridized carbons (Fsp3) is 0.333. The van der Waals surface area contributed by atoms with E-state index in [1.54, 1.807) is 6.07 Å². The van der Waals surface area contributed by atoms with Gasteiger partial charge in [0.15, 0.2) is 0 Å². The summed E-state index contributed by atoms with van der Waals surface area (Å²) >= 11 is 2.98. The van der Waals surface area contributed by atoms with E-state index in [0.717, 1.165) is 6.07 Å². The van der Waals surface area contributed by atoms with Gasteiger partial charge in [0.1, 0.15) is 0 Å². The number of benzene rings is 2. The molecule has 2 rings (SSSR count). The fourth-order valence-corrected chi connectivity index (χ4v) is 3.78. The van der Waals surface area contributed by atoms with Gasteiger partial charge in [-0.2, -0.15) is 14.0 Å². The van der Waals surface area contributed by atoms with Crippen LogP contribution < -0.4 is 0 Å². The average Bonchev–Trinajstić information content (AvgIpc) is 2.59.